The molecule has 0 saturated heterocycles. The molecule has 0 saturated carbocycles. The third-order valence-electron chi connectivity index (χ3n) is 1.59. The maximum atomic E-state index is 13.2. The Kier molecular flexibility index (Phi) is 3.31. The van der Waals surface area contributed by atoms with Crippen molar-refractivity contribution < 1.29 is 9.13 Å². The lowest BCUT2D eigenvalue weighted by molar-refractivity contribution is 0.315. The zero-order chi connectivity index (χ0) is 11.3. The number of ether oxygens (including phenoxy) is 1. The van der Waals surface area contributed by atoms with Gasteiger partial charge >= 0.3 is 0 Å². The molecule has 6 heteroatoms. The lowest BCUT2D eigenvalue weighted by atomic mass is 10.1. The van der Waals surface area contributed by atoms with Crippen LogP contribution in [0.25, 0.3) is 0 Å². The standard InChI is InChI=1S/C9H5FN4O/c1-15-9-3-7(13-4-11)6(10)2-8(9)14-5-12/h2-3H,1H3. The fourth-order valence-electron chi connectivity index (χ4n) is 0.976. The topological polar surface area (TPSA) is 81.5 Å². The van der Waals surface area contributed by atoms with Gasteiger partial charge in [-0.2, -0.15) is 20.5 Å². The number of methoxy groups -OCH3 is 1. The van der Waals surface area contributed by atoms with Crippen molar-refractivity contribution in [3.05, 3.63) is 23.7 Å². The van der Waals surface area contributed by atoms with Gasteiger partial charge in [-0.05, 0) is 0 Å². The Hall–Kier alpha value is -2.47. The van der Waals surface area contributed by atoms with Crippen LogP contribution in [-0.2, 0) is 4.74 Å². The smallest absolute Gasteiger partial charge is 0.206 e. The van der Waals surface area contributed by atoms with E-state index in [4.69, 9.17) is 15.3 Å². The highest BCUT2D eigenvalue weighted by Gasteiger charge is 2.18. The minimum Gasteiger partial charge on any atom is -0.494 e. The van der Waals surface area contributed by atoms with Crippen LogP contribution >= 0.6 is 0 Å². The fraction of sp³-hybridized carbons (Fsp3) is 0.111. The van der Waals surface area contributed by atoms with Gasteiger partial charge in [0.05, 0.1) is 7.11 Å². The quantitative estimate of drug-likeness (QED) is 0.475. The summed E-state index contributed by atoms with van der Waals surface area (Å²) < 4.78 is 18.1. The van der Waals surface area contributed by atoms with Crippen LogP contribution in [0.3, 0.4) is 0 Å². The molecule has 0 N–H and O–H groups in total. The number of nitriles is 2. The summed E-state index contributed by atoms with van der Waals surface area (Å²) >= 11 is 0. The van der Waals surface area contributed by atoms with Crippen LogP contribution in [0.4, 0.5) is 4.39 Å². The summed E-state index contributed by atoms with van der Waals surface area (Å²) in [5.74, 6) is -0.543. The van der Waals surface area contributed by atoms with Gasteiger partial charge in [-0.3, -0.25) is 0 Å². The van der Waals surface area contributed by atoms with Crippen molar-refractivity contribution in [3.63, 3.8) is 0 Å². The third-order valence-corrected chi connectivity index (χ3v) is 1.59. The Morgan fingerprint density at radius 2 is 1.80 bits per heavy atom. The Labute approximate surface area is 85.1 Å². The molecule has 0 fully saturated rings. The fourth-order valence-corrected chi connectivity index (χ4v) is 0.976. The van der Waals surface area contributed by atoms with Crippen LogP contribution in [0, 0.1) is 22.9 Å². The van der Waals surface area contributed by atoms with Gasteiger partial charge in [0.1, 0.15) is 17.2 Å². The molecule has 0 aromatic heterocycles. The van der Waals surface area contributed by atoms with E-state index in [1.807, 2.05) is 0 Å². The summed E-state index contributed by atoms with van der Waals surface area (Å²) in [6.07, 6.45) is 5.17. The zero-order valence-electron chi connectivity index (χ0n) is 7.73. The maximum absolute atomic E-state index is 13.2. The van der Waals surface area contributed by atoms with Crippen LogP contribution in [0.5, 0.6) is 0 Å². The van der Waals surface area contributed by atoms with Crippen molar-refractivity contribution in [2.24, 2.45) is 9.98 Å². The van der Waals surface area contributed by atoms with Crippen molar-refractivity contribution >= 4 is 11.4 Å². The summed E-state index contributed by atoms with van der Waals surface area (Å²) in [5.41, 5.74) is -0.0828. The van der Waals surface area contributed by atoms with E-state index < -0.39 is 5.83 Å². The van der Waals surface area contributed by atoms with E-state index in [1.165, 1.54) is 25.6 Å². The first-order chi connectivity index (χ1) is 7.22. The number of hydrogen-bond acceptors (Lipinski definition) is 5. The van der Waals surface area contributed by atoms with E-state index in [1.54, 1.807) is 0 Å². The predicted molar refractivity (Wildman–Crippen MR) is 50.4 cm³/mol. The Balaban J connectivity index is 3.21. The summed E-state index contributed by atoms with van der Waals surface area (Å²) in [4.78, 5) is 6.60. The SMILES string of the molecule is COC1=CC(=NC#N)C(F)=CC1=NC#N. The van der Waals surface area contributed by atoms with Gasteiger partial charge in [0.2, 0.25) is 12.4 Å². The van der Waals surface area contributed by atoms with Gasteiger partial charge in [0, 0.05) is 12.2 Å². The molecule has 5 nitrogen and oxygen atoms in total. The summed E-state index contributed by atoms with van der Waals surface area (Å²) in [5, 5.41) is 16.6. The average Bonchev–Trinajstić information content (AvgIpc) is 2.22. The largest absolute Gasteiger partial charge is 0.494 e. The van der Waals surface area contributed by atoms with Crippen molar-refractivity contribution in [2.75, 3.05) is 7.11 Å². The van der Waals surface area contributed by atoms with Crippen LogP contribution in [0.2, 0.25) is 0 Å². The van der Waals surface area contributed by atoms with Gasteiger partial charge in [-0.1, -0.05) is 0 Å². The van der Waals surface area contributed by atoms with E-state index in [-0.39, 0.29) is 17.2 Å². The number of allylic oxidation sites excluding steroid dienone is 3. The molecule has 0 spiro atoms. The first kappa shape index (κ1) is 10.6. The summed E-state index contributed by atoms with van der Waals surface area (Å²) in [6, 6.07) is 0. The molecule has 0 amide bonds. The average molecular weight is 204 g/mol. The van der Waals surface area contributed by atoms with Crippen molar-refractivity contribution in [1.29, 1.82) is 10.5 Å². The molecule has 0 radical (unpaired) electrons. The molecule has 15 heavy (non-hydrogen) atoms. The molecule has 74 valence electrons. The van der Waals surface area contributed by atoms with E-state index >= 15 is 0 Å². The second kappa shape index (κ2) is 4.68. The van der Waals surface area contributed by atoms with Gasteiger partial charge in [0.25, 0.3) is 0 Å². The molecule has 0 atom stereocenters. The van der Waals surface area contributed by atoms with Crippen LogP contribution in [0.15, 0.2) is 33.7 Å². The molecule has 0 heterocycles. The number of aliphatic imine (C=N–C) groups is 2. The second-order valence-electron chi connectivity index (χ2n) is 2.40. The van der Waals surface area contributed by atoms with E-state index in [2.05, 4.69) is 9.98 Å². The molecule has 0 unspecified atom stereocenters. The maximum Gasteiger partial charge on any atom is 0.206 e. The van der Waals surface area contributed by atoms with E-state index in [0.717, 1.165) is 6.08 Å². The molecule has 0 aromatic rings. The van der Waals surface area contributed by atoms with Gasteiger partial charge < -0.3 is 4.74 Å². The van der Waals surface area contributed by atoms with Gasteiger partial charge in [-0.25, -0.2) is 4.39 Å². The van der Waals surface area contributed by atoms with E-state index in [0.29, 0.717) is 0 Å². The van der Waals surface area contributed by atoms with Crippen LogP contribution in [0.1, 0.15) is 0 Å². The number of rotatable bonds is 1. The molecular formula is C9H5FN4O. The highest BCUT2D eigenvalue weighted by atomic mass is 19.1. The Morgan fingerprint density at radius 3 is 2.33 bits per heavy atom. The molecule has 0 aromatic carbocycles. The number of halogens is 1. The Morgan fingerprint density at radius 1 is 1.20 bits per heavy atom. The number of nitrogens with zero attached hydrogens (tertiary/aromatic N) is 4. The minimum atomic E-state index is -0.730. The van der Waals surface area contributed by atoms with Crippen LogP contribution in [-0.4, -0.2) is 18.5 Å². The molecular weight excluding hydrogens is 199 g/mol. The zero-order valence-corrected chi connectivity index (χ0v) is 7.73. The highest BCUT2D eigenvalue weighted by Crippen LogP contribution is 2.15. The molecule has 1 rings (SSSR count). The van der Waals surface area contributed by atoms with E-state index in [9.17, 15) is 4.39 Å². The first-order valence-electron chi connectivity index (χ1n) is 3.80. The lowest BCUT2D eigenvalue weighted by Gasteiger charge is -2.10. The minimum absolute atomic E-state index is 0.0642. The lowest BCUT2D eigenvalue weighted by Crippen LogP contribution is -2.12. The predicted octanol–water partition coefficient (Wildman–Crippen LogP) is 1.23. The monoisotopic (exact) mass is 204 g/mol. The number of hydrogen-bond donors (Lipinski definition) is 0. The summed E-state index contributed by atoms with van der Waals surface area (Å²) in [6.45, 7) is 0. The van der Waals surface area contributed by atoms with Gasteiger partial charge in [0.15, 0.2) is 5.83 Å². The second-order valence-corrected chi connectivity index (χ2v) is 2.40. The van der Waals surface area contributed by atoms with Crippen LogP contribution < -0.4 is 0 Å². The third kappa shape index (κ3) is 2.26. The van der Waals surface area contributed by atoms with Crippen molar-refractivity contribution in [1.82, 2.24) is 0 Å². The molecule has 0 bridgehead atoms. The highest BCUT2D eigenvalue weighted by molar-refractivity contribution is 6.22. The van der Waals surface area contributed by atoms with Crippen molar-refractivity contribution in [3.8, 4) is 12.4 Å². The molecule has 1 aliphatic rings. The first-order valence-corrected chi connectivity index (χ1v) is 3.80. The Bertz CT molecular complexity index is 473. The van der Waals surface area contributed by atoms with Gasteiger partial charge in [-0.15, -0.1) is 0 Å². The van der Waals surface area contributed by atoms with Crippen molar-refractivity contribution in [2.45, 2.75) is 0 Å². The molecule has 1 aliphatic carbocycles. The summed E-state index contributed by atoms with van der Waals surface area (Å²) in [7, 11) is 1.35. The molecule has 0 aliphatic heterocycles. The normalized spacial score (nSPS) is 20.3.